The smallest absolute Gasteiger partial charge is 0.326 e. The number of carboxylic acids is 1. The Morgan fingerprint density at radius 1 is 1.43 bits per heavy atom. The first-order chi connectivity index (χ1) is 9.99. The minimum atomic E-state index is -0.924. The van der Waals surface area contributed by atoms with E-state index in [2.05, 4.69) is 4.98 Å². The van der Waals surface area contributed by atoms with Crippen molar-refractivity contribution in [3.05, 3.63) is 30.1 Å². The Balaban J connectivity index is 2.05. The van der Waals surface area contributed by atoms with Gasteiger partial charge in [-0.1, -0.05) is 6.92 Å². The van der Waals surface area contributed by atoms with Crippen molar-refractivity contribution in [2.75, 3.05) is 13.6 Å². The molecule has 1 N–H and O–H groups in total. The SMILES string of the molecule is CC1CCN(C(=O)N(C)Cc2ccncc2)C(C(=O)O)C1. The van der Waals surface area contributed by atoms with Crippen LogP contribution in [-0.4, -0.2) is 51.5 Å². The highest BCUT2D eigenvalue weighted by atomic mass is 16.4. The molecule has 2 rings (SSSR count). The zero-order valence-corrected chi connectivity index (χ0v) is 12.4. The number of carboxylic acid groups (broad SMARTS) is 1. The van der Waals surface area contributed by atoms with Crippen LogP contribution in [0.25, 0.3) is 0 Å². The van der Waals surface area contributed by atoms with E-state index in [-0.39, 0.29) is 6.03 Å². The summed E-state index contributed by atoms with van der Waals surface area (Å²) in [6.07, 6.45) is 4.72. The summed E-state index contributed by atoms with van der Waals surface area (Å²) in [5, 5.41) is 9.33. The predicted molar refractivity (Wildman–Crippen MR) is 77.6 cm³/mol. The van der Waals surface area contributed by atoms with Gasteiger partial charge in [-0.05, 0) is 36.5 Å². The standard InChI is InChI=1S/C15H21N3O3/c1-11-5-8-18(13(9-11)14(19)20)15(21)17(2)10-12-3-6-16-7-4-12/h3-4,6-7,11,13H,5,8-10H2,1-2H3,(H,19,20). The summed E-state index contributed by atoms with van der Waals surface area (Å²) in [4.78, 5) is 30.8. The lowest BCUT2D eigenvalue weighted by atomic mass is 9.92. The normalized spacial score (nSPS) is 21.9. The Bertz CT molecular complexity index is 506. The lowest BCUT2D eigenvalue weighted by Crippen LogP contribution is -2.53. The molecule has 0 saturated carbocycles. The monoisotopic (exact) mass is 291 g/mol. The fraction of sp³-hybridized carbons (Fsp3) is 0.533. The molecule has 0 aromatic carbocycles. The molecule has 21 heavy (non-hydrogen) atoms. The van der Waals surface area contributed by atoms with Gasteiger partial charge in [0, 0.05) is 32.5 Å². The molecule has 1 aromatic rings. The van der Waals surface area contributed by atoms with Crippen molar-refractivity contribution in [1.82, 2.24) is 14.8 Å². The van der Waals surface area contributed by atoms with Crippen LogP contribution < -0.4 is 0 Å². The van der Waals surface area contributed by atoms with E-state index in [4.69, 9.17) is 0 Å². The molecule has 0 aliphatic carbocycles. The molecule has 1 aromatic heterocycles. The zero-order chi connectivity index (χ0) is 15.4. The first-order valence-electron chi connectivity index (χ1n) is 7.12. The van der Waals surface area contributed by atoms with E-state index in [9.17, 15) is 14.7 Å². The second-order valence-electron chi connectivity index (χ2n) is 5.67. The molecular weight excluding hydrogens is 270 g/mol. The van der Waals surface area contributed by atoms with E-state index in [1.54, 1.807) is 24.3 Å². The summed E-state index contributed by atoms with van der Waals surface area (Å²) >= 11 is 0. The van der Waals surface area contributed by atoms with Gasteiger partial charge < -0.3 is 14.9 Å². The maximum Gasteiger partial charge on any atom is 0.326 e. The number of likely N-dealkylation sites (tertiary alicyclic amines) is 1. The Morgan fingerprint density at radius 3 is 2.71 bits per heavy atom. The Hall–Kier alpha value is -2.11. The molecule has 2 unspecified atom stereocenters. The lowest BCUT2D eigenvalue weighted by molar-refractivity contribution is -0.144. The zero-order valence-electron chi connectivity index (χ0n) is 12.4. The Morgan fingerprint density at radius 2 is 2.10 bits per heavy atom. The molecule has 0 radical (unpaired) electrons. The number of piperidine rings is 1. The summed E-state index contributed by atoms with van der Waals surface area (Å²) in [7, 11) is 1.69. The van der Waals surface area contributed by atoms with Crippen molar-refractivity contribution in [2.24, 2.45) is 5.92 Å². The third-order valence-corrected chi connectivity index (χ3v) is 3.89. The summed E-state index contributed by atoms with van der Waals surface area (Å²) in [5.74, 6) is -0.590. The van der Waals surface area contributed by atoms with E-state index in [1.165, 1.54) is 4.90 Å². The minimum absolute atomic E-state index is 0.230. The highest BCUT2D eigenvalue weighted by Gasteiger charge is 2.35. The highest BCUT2D eigenvalue weighted by molar-refractivity contribution is 5.82. The maximum atomic E-state index is 12.5. The van der Waals surface area contributed by atoms with Gasteiger partial charge in [0.25, 0.3) is 0 Å². The summed E-state index contributed by atoms with van der Waals surface area (Å²) in [6.45, 7) is 2.97. The molecule has 1 fully saturated rings. The van der Waals surface area contributed by atoms with Crippen LogP contribution in [0.5, 0.6) is 0 Å². The van der Waals surface area contributed by atoms with Crippen LogP contribution in [-0.2, 0) is 11.3 Å². The molecular formula is C15H21N3O3. The lowest BCUT2D eigenvalue weighted by Gasteiger charge is -2.38. The number of amides is 2. The van der Waals surface area contributed by atoms with Crippen molar-refractivity contribution >= 4 is 12.0 Å². The van der Waals surface area contributed by atoms with Gasteiger partial charge in [0.05, 0.1) is 0 Å². The number of hydrogen-bond donors (Lipinski definition) is 1. The van der Waals surface area contributed by atoms with Gasteiger partial charge in [0.2, 0.25) is 0 Å². The quantitative estimate of drug-likeness (QED) is 0.922. The number of aromatic nitrogens is 1. The molecule has 114 valence electrons. The third kappa shape index (κ3) is 3.71. The van der Waals surface area contributed by atoms with E-state index in [0.29, 0.717) is 25.4 Å². The van der Waals surface area contributed by atoms with Crippen LogP contribution >= 0.6 is 0 Å². The second-order valence-corrected chi connectivity index (χ2v) is 5.67. The number of carbonyl (C=O) groups excluding carboxylic acids is 1. The van der Waals surface area contributed by atoms with Crippen LogP contribution in [0.2, 0.25) is 0 Å². The van der Waals surface area contributed by atoms with Crippen LogP contribution in [0.1, 0.15) is 25.3 Å². The van der Waals surface area contributed by atoms with Crippen molar-refractivity contribution in [2.45, 2.75) is 32.4 Å². The number of hydrogen-bond acceptors (Lipinski definition) is 3. The van der Waals surface area contributed by atoms with Gasteiger partial charge in [-0.2, -0.15) is 0 Å². The van der Waals surface area contributed by atoms with Gasteiger partial charge in [0.1, 0.15) is 6.04 Å². The number of carbonyl (C=O) groups is 2. The van der Waals surface area contributed by atoms with Gasteiger partial charge >= 0.3 is 12.0 Å². The van der Waals surface area contributed by atoms with Crippen LogP contribution in [0.3, 0.4) is 0 Å². The van der Waals surface area contributed by atoms with Crippen LogP contribution in [0.4, 0.5) is 4.79 Å². The average Bonchev–Trinajstić information content (AvgIpc) is 2.47. The van der Waals surface area contributed by atoms with Crippen LogP contribution in [0.15, 0.2) is 24.5 Å². The number of aliphatic carboxylic acids is 1. The third-order valence-electron chi connectivity index (χ3n) is 3.89. The van der Waals surface area contributed by atoms with E-state index in [0.717, 1.165) is 12.0 Å². The summed E-state index contributed by atoms with van der Waals surface area (Å²) < 4.78 is 0. The van der Waals surface area contributed by atoms with Crippen molar-refractivity contribution < 1.29 is 14.7 Å². The Labute approximate surface area is 124 Å². The molecule has 2 heterocycles. The molecule has 2 amide bonds. The second kappa shape index (κ2) is 6.56. The number of rotatable bonds is 3. The van der Waals surface area contributed by atoms with Gasteiger partial charge in [0.15, 0.2) is 0 Å². The molecule has 1 saturated heterocycles. The fourth-order valence-electron chi connectivity index (χ4n) is 2.65. The number of pyridine rings is 1. The number of nitrogens with zero attached hydrogens (tertiary/aromatic N) is 3. The summed E-state index contributed by atoms with van der Waals surface area (Å²) in [5.41, 5.74) is 0.970. The van der Waals surface area contributed by atoms with Gasteiger partial charge in [-0.15, -0.1) is 0 Å². The topological polar surface area (TPSA) is 73.7 Å². The molecule has 0 spiro atoms. The fourth-order valence-corrected chi connectivity index (χ4v) is 2.65. The molecule has 1 aliphatic heterocycles. The molecule has 6 heteroatoms. The molecule has 2 atom stereocenters. The molecule has 0 bridgehead atoms. The van der Waals surface area contributed by atoms with Gasteiger partial charge in [-0.25, -0.2) is 9.59 Å². The maximum absolute atomic E-state index is 12.5. The molecule has 6 nitrogen and oxygen atoms in total. The molecule has 1 aliphatic rings. The average molecular weight is 291 g/mol. The Kier molecular flexibility index (Phi) is 4.77. The summed E-state index contributed by atoms with van der Waals surface area (Å²) in [6, 6.07) is 2.74. The van der Waals surface area contributed by atoms with E-state index >= 15 is 0 Å². The van der Waals surface area contributed by atoms with Crippen molar-refractivity contribution in [3.63, 3.8) is 0 Å². The van der Waals surface area contributed by atoms with E-state index in [1.807, 2.05) is 19.1 Å². The number of urea groups is 1. The van der Waals surface area contributed by atoms with Gasteiger partial charge in [-0.3, -0.25) is 4.98 Å². The minimum Gasteiger partial charge on any atom is -0.480 e. The van der Waals surface area contributed by atoms with Crippen molar-refractivity contribution in [1.29, 1.82) is 0 Å². The first-order valence-corrected chi connectivity index (χ1v) is 7.12. The highest BCUT2D eigenvalue weighted by Crippen LogP contribution is 2.24. The van der Waals surface area contributed by atoms with Crippen molar-refractivity contribution in [3.8, 4) is 0 Å². The van der Waals surface area contributed by atoms with Crippen LogP contribution in [0, 0.1) is 5.92 Å². The first kappa shape index (κ1) is 15.3. The van der Waals surface area contributed by atoms with E-state index < -0.39 is 12.0 Å². The predicted octanol–water partition coefficient (Wildman–Crippen LogP) is 1.82. The largest absolute Gasteiger partial charge is 0.480 e.